The van der Waals surface area contributed by atoms with Crippen molar-refractivity contribution in [3.05, 3.63) is 16.5 Å². The predicted molar refractivity (Wildman–Crippen MR) is 71.2 cm³/mol. The van der Waals surface area contributed by atoms with E-state index in [2.05, 4.69) is 6.92 Å². The molecule has 1 aliphatic heterocycles. The van der Waals surface area contributed by atoms with E-state index in [-0.39, 0.29) is 0 Å². The van der Waals surface area contributed by atoms with Gasteiger partial charge in [0, 0.05) is 18.0 Å². The zero-order chi connectivity index (χ0) is 12.6. The standard InChI is InChI=1S/C11H16ClNO2S2/c1-8-3-4-13(7-8)17(14,15)11-5-9(2)10(6-12)16-11/h5,8H,3-4,6-7H2,1-2H3. The molecule has 0 radical (unpaired) electrons. The van der Waals surface area contributed by atoms with Crippen LogP contribution in [0.25, 0.3) is 0 Å². The van der Waals surface area contributed by atoms with Gasteiger partial charge < -0.3 is 0 Å². The fraction of sp³-hybridized carbons (Fsp3) is 0.636. The van der Waals surface area contributed by atoms with Gasteiger partial charge in [-0.15, -0.1) is 22.9 Å². The number of rotatable bonds is 3. The van der Waals surface area contributed by atoms with Crippen molar-refractivity contribution in [3.8, 4) is 0 Å². The maximum Gasteiger partial charge on any atom is 0.252 e. The number of hydrogen-bond acceptors (Lipinski definition) is 3. The van der Waals surface area contributed by atoms with Crippen LogP contribution < -0.4 is 0 Å². The van der Waals surface area contributed by atoms with Gasteiger partial charge in [0.25, 0.3) is 10.0 Å². The number of nitrogens with zero attached hydrogens (tertiary/aromatic N) is 1. The molecule has 1 aromatic heterocycles. The van der Waals surface area contributed by atoms with Crippen molar-refractivity contribution < 1.29 is 8.42 Å². The molecule has 2 rings (SSSR count). The third kappa shape index (κ3) is 2.52. The number of thiophene rings is 1. The molecule has 1 aromatic rings. The first kappa shape index (κ1) is 13.3. The molecule has 3 nitrogen and oxygen atoms in total. The highest BCUT2D eigenvalue weighted by Gasteiger charge is 2.32. The second-order valence-electron chi connectivity index (χ2n) is 4.56. The fourth-order valence-electron chi connectivity index (χ4n) is 1.99. The van der Waals surface area contributed by atoms with Gasteiger partial charge in [-0.1, -0.05) is 6.92 Å². The van der Waals surface area contributed by atoms with Gasteiger partial charge in [0.2, 0.25) is 0 Å². The summed E-state index contributed by atoms with van der Waals surface area (Å²) in [5.41, 5.74) is 0.968. The number of hydrogen-bond donors (Lipinski definition) is 0. The van der Waals surface area contributed by atoms with E-state index in [4.69, 9.17) is 11.6 Å². The topological polar surface area (TPSA) is 37.4 Å². The molecule has 0 aromatic carbocycles. The molecule has 1 saturated heterocycles. The first-order chi connectivity index (χ1) is 7.95. The molecule has 0 saturated carbocycles. The van der Waals surface area contributed by atoms with E-state index in [0.717, 1.165) is 16.9 Å². The molecule has 0 amide bonds. The first-order valence-electron chi connectivity index (χ1n) is 5.60. The lowest BCUT2D eigenvalue weighted by Crippen LogP contribution is -2.27. The molecule has 0 N–H and O–H groups in total. The van der Waals surface area contributed by atoms with Gasteiger partial charge in [0.1, 0.15) is 4.21 Å². The van der Waals surface area contributed by atoms with Crippen LogP contribution in [0.5, 0.6) is 0 Å². The Hall–Kier alpha value is -0.100. The van der Waals surface area contributed by atoms with Crippen LogP contribution >= 0.6 is 22.9 Å². The van der Waals surface area contributed by atoms with E-state index in [9.17, 15) is 8.42 Å². The maximum absolute atomic E-state index is 12.4. The van der Waals surface area contributed by atoms with Crippen LogP contribution in [0.1, 0.15) is 23.8 Å². The monoisotopic (exact) mass is 293 g/mol. The molecular weight excluding hydrogens is 278 g/mol. The smallest absolute Gasteiger partial charge is 0.206 e. The zero-order valence-corrected chi connectivity index (χ0v) is 12.3. The Bertz CT molecular complexity index is 510. The third-order valence-electron chi connectivity index (χ3n) is 3.10. The highest BCUT2D eigenvalue weighted by Crippen LogP contribution is 2.31. The number of aryl methyl sites for hydroxylation is 1. The van der Waals surface area contributed by atoms with E-state index < -0.39 is 10.0 Å². The number of halogens is 1. The Balaban J connectivity index is 2.31. The van der Waals surface area contributed by atoms with Gasteiger partial charge in [-0.3, -0.25) is 0 Å². The number of sulfonamides is 1. The highest BCUT2D eigenvalue weighted by atomic mass is 35.5. The average Bonchev–Trinajstić information content (AvgIpc) is 2.85. The minimum atomic E-state index is -3.29. The van der Waals surface area contributed by atoms with E-state index in [1.807, 2.05) is 6.92 Å². The molecular formula is C11H16ClNO2S2. The van der Waals surface area contributed by atoms with Crippen molar-refractivity contribution in [2.24, 2.45) is 5.92 Å². The minimum absolute atomic E-state index is 0.377. The summed E-state index contributed by atoms with van der Waals surface area (Å²) >= 11 is 7.07. The van der Waals surface area contributed by atoms with Gasteiger partial charge >= 0.3 is 0 Å². The van der Waals surface area contributed by atoms with Gasteiger partial charge in [0.05, 0.1) is 5.88 Å². The van der Waals surface area contributed by atoms with Crippen LogP contribution in [-0.2, 0) is 15.9 Å². The summed E-state index contributed by atoms with van der Waals surface area (Å²) in [6.07, 6.45) is 0.950. The van der Waals surface area contributed by atoms with E-state index in [1.54, 1.807) is 10.4 Å². The summed E-state index contributed by atoms with van der Waals surface area (Å²) < 4.78 is 26.7. The van der Waals surface area contributed by atoms with Gasteiger partial charge in [0.15, 0.2) is 0 Å². The minimum Gasteiger partial charge on any atom is -0.206 e. The average molecular weight is 294 g/mol. The molecule has 6 heteroatoms. The van der Waals surface area contributed by atoms with Crippen LogP contribution in [0.4, 0.5) is 0 Å². The second-order valence-corrected chi connectivity index (χ2v) is 8.13. The lowest BCUT2D eigenvalue weighted by Gasteiger charge is -2.14. The molecule has 2 heterocycles. The van der Waals surface area contributed by atoms with E-state index >= 15 is 0 Å². The quantitative estimate of drug-likeness (QED) is 0.804. The summed E-state index contributed by atoms with van der Waals surface area (Å²) in [4.78, 5) is 0.942. The highest BCUT2D eigenvalue weighted by molar-refractivity contribution is 7.91. The summed E-state index contributed by atoms with van der Waals surface area (Å²) in [5.74, 6) is 0.834. The molecule has 0 aliphatic carbocycles. The summed E-state index contributed by atoms with van der Waals surface area (Å²) in [5, 5.41) is 0. The van der Waals surface area contributed by atoms with Crippen molar-refractivity contribution >= 4 is 33.0 Å². The van der Waals surface area contributed by atoms with Crippen molar-refractivity contribution in [2.75, 3.05) is 13.1 Å². The van der Waals surface area contributed by atoms with Gasteiger partial charge in [-0.05, 0) is 30.9 Å². The van der Waals surface area contributed by atoms with Crippen LogP contribution in [0.3, 0.4) is 0 Å². The fourth-order valence-corrected chi connectivity index (χ4v) is 5.53. The Kier molecular flexibility index (Phi) is 3.83. The van der Waals surface area contributed by atoms with Crippen molar-refractivity contribution in [1.29, 1.82) is 0 Å². The molecule has 96 valence electrons. The summed E-state index contributed by atoms with van der Waals surface area (Å²) in [6.45, 7) is 5.26. The van der Waals surface area contributed by atoms with Crippen molar-refractivity contribution in [2.45, 2.75) is 30.4 Å². The largest absolute Gasteiger partial charge is 0.252 e. The normalized spacial score (nSPS) is 22.2. The summed E-state index contributed by atoms with van der Waals surface area (Å²) in [7, 11) is -3.29. The van der Waals surface area contributed by atoms with Crippen molar-refractivity contribution in [1.82, 2.24) is 4.31 Å². The van der Waals surface area contributed by atoms with Crippen LogP contribution in [0.2, 0.25) is 0 Å². The predicted octanol–water partition coefficient (Wildman–Crippen LogP) is 2.83. The maximum atomic E-state index is 12.4. The Morgan fingerprint density at radius 2 is 2.29 bits per heavy atom. The second kappa shape index (κ2) is 4.88. The lowest BCUT2D eigenvalue weighted by atomic mass is 10.2. The summed E-state index contributed by atoms with van der Waals surface area (Å²) in [6, 6.07) is 1.74. The molecule has 1 atom stereocenters. The van der Waals surface area contributed by atoms with Crippen LogP contribution in [-0.4, -0.2) is 25.8 Å². The Morgan fingerprint density at radius 3 is 2.76 bits per heavy atom. The lowest BCUT2D eigenvalue weighted by molar-refractivity contribution is 0.466. The Labute approximate surface area is 111 Å². The van der Waals surface area contributed by atoms with Gasteiger partial charge in [-0.25, -0.2) is 8.42 Å². The molecule has 1 unspecified atom stereocenters. The van der Waals surface area contributed by atoms with Crippen molar-refractivity contribution in [3.63, 3.8) is 0 Å². The molecule has 17 heavy (non-hydrogen) atoms. The molecule has 0 bridgehead atoms. The first-order valence-corrected chi connectivity index (χ1v) is 8.39. The molecule has 0 spiro atoms. The third-order valence-corrected chi connectivity index (χ3v) is 7.08. The van der Waals surface area contributed by atoms with Crippen LogP contribution in [0, 0.1) is 12.8 Å². The van der Waals surface area contributed by atoms with Crippen LogP contribution in [0.15, 0.2) is 10.3 Å². The Morgan fingerprint density at radius 1 is 1.59 bits per heavy atom. The SMILES string of the molecule is Cc1cc(S(=O)(=O)N2CCC(C)C2)sc1CCl. The zero-order valence-electron chi connectivity index (χ0n) is 9.94. The van der Waals surface area contributed by atoms with E-state index in [0.29, 0.717) is 29.1 Å². The molecule has 1 aliphatic rings. The van der Waals surface area contributed by atoms with E-state index in [1.165, 1.54) is 11.3 Å². The molecule has 1 fully saturated rings. The van der Waals surface area contributed by atoms with Gasteiger partial charge in [-0.2, -0.15) is 4.31 Å². The number of alkyl halides is 1.